The van der Waals surface area contributed by atoms with Crippen LogP contribution in [0.1, 0.15) is 6.92 Å². The molecule has 0 spiro atoms. The van der Waals surface area contributed by atoms with Gasteiger partial charge in [0.2, 0.25) is 0 Å². The number of benzene rings is 2. The minimum absolute atomic E-state index is 0. The van der Waals surface area contributed by atoms with Crippen LogP contribution in [0.5, 0.6) is 0 Å². The third-order valence-corrected chi connectivity index (χ3v) is 3.10. The summed E-state index contributed by atoms with van der Waals surface area (Å²) in [6, 6.07) is 29.3. The van der Waals surface area contributed by atoms with Crippen LogP contribution in [0.25, 0.3) is 21.5 Å². The number of fused-ring (bicyclic) bond motifs is 2. The van der Waals surface area contributed by atoms with Gasteiger partial charge in [0.25, 0.3) is 0 Å². The van der Waals surface area contributed by atoms with Crippen LogP contribution >= 0.6 is 0 Å². The molecule has 4 aromatic rings. The van der Waals surface area contributed by atoms with Gasteiger partial charge in [-0.05, 0) is 0 Å². The van der Waals surface area contributed by atoms with Crippen molar-refractivity contribution in [2.75, 3.05) is 0 Å². The first-order chi connectivity index (χ1) is 10.9. The van der Waals surface area contributed by atoms with Crippen molar-refractivity contribution in [3.05, 3.63) is 105 Å². The molecule has 2 heteroatoms. The molecule has 4 rings (SSSR count). The van der Waals surface area contributed by atoms with E-state index in [1.807, 2.05) is 0 Å². The van der Waals surface area contributed by atoms with Gasteiger partial charge in [-0.1, -0.05) is 12.1 Å². The molecule has 0 atom stereocenters. The molecule has 0 aromatic heterocycles. The SMILES string of the molecule is C=C.[CH2-]C.[Cl-].[Zr+4].c1ccc2[cH-]ccc2c1.c1ccc2[cH-]ccc2c1. The van der Waals surface area contributed by atoms with E-state index < -0.39 is 0 Å². The van der Waals surface area contributed by atoms with Crippen LogP contribution in [0.2, 0.25) is 0 Å². The van der Waals surface area contributed by atoms with Crippen molar-refractivity contribution in [2.24, 2.45) is 0 Å². The third kappa shape index (κ3) is 7.43. The molecule has 0 saturated heterocycles. The fourth-order valence-electron chi connectivity index (χ4n) is 2.14. The fraction of sp³-hybridized carbons (Fsp3) is 0.0455. The van der Waals surface area contributed by atoms with Crippen LogP contribution in [-0.2, 0) is 26.2 Å². The first-order valence-electron chi connectivity index (χ1n) is 7.35. The Balaban J connectivity index is 0. The Morgan fingerprint density at radius 2 is 1.00 bits per heavy atom. The second kappa shape index (κ2) is 15.1. The molecule has 0 nitrogen and oxygen atoms in total. The maximum atomic E-state index is 3.25. The number of hydrogen-bond donors (Lipinski definition) is 0. The molecular weight excluding hydrogens is 391 g/mol. The quantitative estimate of drug-likeness (QED) is 0.304. The number of rotatable bonds is 0. The topological polar surface area (TPSA) is 0 Å². The van der Waals surface area contributed by atoms with E-state index in [-0.39, 0.29) is 38.6 Å². The zero-order chi connectivity index (χ0) is 16.2. The van der Waals surface area contributed by atoms with Crippen molar-refractivity contribution in [1.29, 1.82) is 0 Å². The van der Waals surface area contributed by atoms with Crippen molar-refractivity contribution >= 4 is 21.5 Å². The summed E-state index contributed by atoms with van der Waals surface area (Å²) < 4.78 is 0. The Hall–Kier alpha value is -1.43. The van der Waals surface area contributed by atoms with Gasteiger partial charge < -0.3 is 19.3 Å². The standard InChI is InChI=1S/2C9H7.C2H5.C2H4.ClH.Zr/c2*1-2-5-9-7-3-6-8(9)4-1;2*1-2;;/h2*1-7H;1H2,2H3;1-2H2;1H;/q3*-1;;;+4/p-1. The van der Waals surface area contributed by atoms with Gasteiger partial charge in [-0.25, -0.2) is 0 Å². The molecule has 24 heavy (non-hydrogen) atoms. The van der Waals surface area contributed by atoms with Gasteiger partial charge in [0, 0.05) is 0 Å². The summed E-state index contributed by atoms with van der Waals surface area (Å²) in [6.45, 7) is 11.0. The third-order valence-electron chi connectivity index (χ3n) is 3.10. The number of hydrogen-bond acceptors (Lipinski definition) is 0. The summed E-state index contributed by atoms with van der Waals surface area (Å²) in [5.41, 5.74) is 0. The fourth-order valence-corrected chi connectivity index (χ4v) is 2.14. The Morgan fingerprint density at radius 1 is 0.667 bits per heavy atom. The summed E-state index contributed by atoms with van der Waals surface area (Å²) in [5.74, 6) is 0. The molecule has 0 unspecified atom stereocenters. The zero-order valence-corrected chi connectivity index (χ0v) is 17.3. The molecule has 0 radical (unpaired) electrons. The van der Waals surface area contributed by atoms with E-state index in [0.717, 1.165) is 0 Å². The maximum Gasteiger partial charge on any atom is 4.00 e. The first-order valence-corrected chi connectivity index (χ1v) is 7.35. The molecular formula is C22H23ClZr. The van der Waals surface area contributed by atoms with E-state index in [2.05, 4.69) is 105 Å². The summed E-state index contributed by atoms with van der Waals surface area (Å²) in [6.07, 6.45) is 0. The molecule has 0 N–H and O–H groups in total. The molecule has 0 fully saturated rings. The van der Waals surface area contributed by atoms with Gasteiger partial charge in [-0.3, -0.25) is 0 Å². The van der Waals surface area contributed by atoms with Crippen molar-refractivity contribution in [1.82, 2.24) is 0 Å². The largest absolute Gasteiger partial charge is 4.00 e. The van der Waals surface area contributed by atoms with Crippen LogP contribution < -0.4 is 12.4 Å². The van der Waals surface area contributed by atoms with Crippen LogP contribution in [0.4, 0.5) is 0 Å². The van der Waals surface area contributed by atoms with Gasteiger partial charge in [0.1, 0.15) is 0 Å². The monoisotopic (exact) mass is 412 g/mol. The van der Waals surface area contributed by atoms with Gasteiger partial charge >= 0.3 is 26.2 Å². The molecule has 122 valence electrons. The predicted molar refractivity (Wildman–Crippen MR) is 101 cm³/mol. The van der Waals surface area contributed by atoms with Crippen LogP contribution in [0.3, 0.4) is 0 Å². The average Bonchev–Trinajstić information content (AvgIpc) is 3.28. The number of halogens is 1. The molecule has 0 bridgehead atoms. The van der Waals surface area contributed by atoms with Gasteiger partial charge in [0.05, 0.1) is 0 Å². The van der Waals surface area contributed by atoms with Gasteiger partial charge in [-0.15, -0.1) is 72.5 Å². The second-order valence-electron chi connectivity index (χ2n) is 4.31. The van der Waals surface area contributed by atoms with Crippen molar-refractivity contribution in [2.45, 2.75) is 6.92 Å². The van der Waals surface area contributed by atoms with Crippen LogP contribution in [-0.4, -0.2) is 0 Å². The molecule has 0 saturated carbocycles. The average molecular weight is 414 g/mol. The molecule has 0 aliphatic heterocycles. The van der Waals surface area contributed by atoms with E-state index in [4.69, 9.17) is 0 Å². The summed E-state index contributed by atoms with van der Waals surface area (Å²) in [5, 5.41) is 5.32. The molecule has 4 aromatic carbocycles. The maximum absolute atomic E-state index is 3.25. The van der Waals surface area contributed by atoms with Crippen LogP contribution in [0.15, 0.2) is 98.1 Å². The first kappa shape index (κ1) is 24.8. The van der Waals surface area contributed by atoms with Crippen LogP contribution in [0, 0.1) is 6.92 Å². The van der Waals surface area contributed by atoms with E-state index >= 15 is 0 Å². The van der Waals surface area contributed by atoms with Crippen molar-refractivity contribution in [3.8, 4) is 0 Å². The van der Waals surface area contributed by atoms with Gasteiger partial charge in [-0.2, -0.15) is 42.0 Å². The Bertz CT molecular complexity index is 641. The Labute approximate surface area is 171 Å². The normalized spacial score (nSPS) is 8.08. The zero-order valence-electron chi connectivity index (χ0n) is 14.1. The molecule has 0 aliphatic rings. The second-order valence-corrected chi connectivity index (χ2v) is 4.31. The molecule has 0 heterocycles. The van der Waals surface area contributed by atoms with E-state index in [1.54, 1.807) is 6.92 Å². The van der Waals surface area contributed by atoms with E-state index in [0.29, 0.717) is 0 Å². The van der Waals surface area contributed by atoms with Gasteiger partial charge in [0.15, 0.2) is 0 Å². The molecule has 0 amide bonds. The smallest absolute Gasteiger partial charge is 1.00 e. The minimum atomic E-state index is 0. The Morgan fingerprint density at radius 3 is 1.33 bits per heavy atom. The van der Waals surface area contributed by atoms with Crippen molar-refractivity contribution in [3.63, 3.8) is 0 Å². The summed E-state index contributed by atoms with van der Waals surface area (Å²) in [4.78, 5) is 0. The predicted octanol–water partition coefficient (Wildman–Crippen LogP) is 3.76. The van der Waals surface area contributed by atoms with E-state index in [9.17, 15) is 0 Å². The van der Waals surface area contributed by atoms with E-state index in [1.165, 1.54) is 21.5 Å². The summed E-state index contributed by atoms with van der Waals surface area (Å²) in [7, 11) is 0. The molecule has 0 aliphatic carbocycles. The van der Waals surface area contributed by atoms with Crippen molar-refractivity contribution < 1.29 is 38.6 Å². The summed E-state index contributed by atoms with van der Waals surface area (Å²) >= 11 is 0. The minimum Gasteiger partial charge on any atom is -1.00 e. The Kier molecular flexibility index (Phi) is 15.6.